The Morgan fingerprint density at radius 2 is 2.28 bits per heavy atom. The number of aryl methyl sites for hydroxylation is 3. The third-order valence-corrected chi connectivity index (χ3v) is 6.67. The van der Waals surface area contributed by atoms with Crippen molar-refractivity contribution in [3.8, 4) is 10.6 Å². The van der Waals surface area contributed by atoms with Crippen molar-refractivity contribution < 1.29 is 9.32 Å². The van der Waals surface area contributed by atoms with Crippen molar-refractivity contribution in [3.63, 3.8) is 0 Å². The van der Waals surface area contributed by atoms with Crippen molar-refractivity contribution in [2.45, 2.75) is 39.2 Å². The van der Waals surface area contributed by atoms with Gasteiger partial charge in [0, 0.05) is 43.6 Å². The van der Waals surface area contributed by atoms with Gasteiger partial charge in [0.05, 0.1) is 22.8 Å². The molecule has 4 rings (SSSR count). The molecule has 0 spiro atoms. The summed E-state index contributed by atoms with van der Waals surface area (Å²) in [4.78, 5) is 15.6. The second-order valence-corrected chi connectivity index (χ2v) is 9.13. The quantitative estimate of drug-likeness (QED) is 0.530. The molecule has 0 aliphatic carbocycles. The van der Waals surface area contributed by atoms with Crippen LogP contribution in [0.15, 0.2) is 22.9 Å². The van der Waals surface area contributed by atoms with Gasteiger partial charge in [0.1, 0.15) is 4.88 Å². The number of carbonyl (C=O) groups is 1. The van der Waals surface area contributed by atoms with Crippen LogP contribution in [0.4, 0.5) is 0 Å². The maximum Gasteiger partial charge on any atom is 0.232 e. The molecule has 3 aromatic rings. The van der Waals surface area contributed by atoms with Gasteiger partial charge in [-0.1, -0.05) is 9.64 Å². The van der Waals surface area contributed by atoms with Crippen LogP contribution in [0.1, 0.15) is 35.8 Å². The minimum atomic E-state index is 0.184. The highest BCUT2D eigenvalue weighted by atomic mass is 32.2. The number of carbonyl (C=O) groups excluding carboxylic acids is 1. The lowest BCUT2D eigenvalue weighted by molar-refractivity contribution is -0.129. The molecule has 0 radical (unpaired) electrons. The maximum atomic E-state index is 12.7. The van der Waals surface area contributed by atoms with Crippen LogP contribution in [0, 0.1) is 13.8 Å². The average Bonchev–Trinajstić information content (AvgIpc) is 3.46. The van der Waals surface area contributed by atoms with Crippen LogP contribution in [-0.2, 0) is 11.3 Å². The van der Waals surface area contributed by atoms with E-state index in [4.69, 9.17) is 4.52 Å². The predicted octanol–water partition coefficient (Wildman–Crippen LogP) is 3.15. The Hall–Kier alpha value is -2.20. The molecule has 0 N–H and O–H groups in total. The van der Waals surface area contributed by atoms with E-state index in [1.165, 1.54) is 11.5 Å². The summed E-state index contributed by atoms with van der Waals surface area (Å²) in [6.45, 7) is 6.19. The molecule has 1 aliphatic rings. The molecule has 1 amide bonds. The van der Waals surface area contributed by atoms with E-state index in [-0.39, 0.29) is 11.8 Å². The fourth-order valence-electron chi connectivity index (χ4n) is 3.53. The molecule has 1 atom stereocenters. The number of rotatable bonds is 7. The van der Waals surface area contributed by atoms with Gasteiger partial charge in [-0.3, -0.25) is 9.48 Å². The Morgan fingerprint density at radius 3 is 3.03 bits per heavy atom. The van der Waals surface area contributed by atoms with Crippen LogP contribution in [0.25, 0.3) is 10.6 Å². The summed E-state index contributed by atoms with van der Waals surface area (Å²) >= 11 is 2.98. The SMILES string of the molecule is Cc1cc(-c2snnc2[C@H]2CCCN(C(=O)CSCCn3ccc(C)n3)C2)on1. The maximum absolute atomic E-state index is 12.7. The van der Waals surface area contributed by atoms with Crippen molar-refractivity contribution in [3.05, 3.63) is 35.4 Å². The van der Waals surface area contributed by atoms with Crippen LogP contribution in [0.3, 0.4) is 0 Å². The highest BCUT2D eigenvalue weighted by molar-refractivity contribution is 7.99. The fraction of sp³-hybridized carbons (Fsp3) is 0.526. The smallest absolute Gasteiger partial charge is 0.232 e. The Balaban J connectivity index is 1.31. The Morgan fingerprint density at radius 1 is 1.38 bits per heavy atom. The monoisotopic (exact) mass is 432 g/mol. The highest BCUT2D eigenvalue weighted by Gasteiger charge is 2.29. The first-order valence-corrected chi connectivity index (χ1v) is 11.6. The second-order valence-electron chi connectivity index (χ2n) is 7.27. The van der Waals surface area contributed by atoms with E-state index in [1.54, 1.807) is 11.8 Å². The molecule has 1 fully saturated rings. The summed E-state index contributed by atoms with van der Waals surface area (Å²) in [5, 5.41) is 12.7. The zero-order chi connectivity index (χ0) is 20.2. The summed E-state index contributed by atoms with van der Waals surface area (Å²) in [5.74, 6) is 2.45. The molecule has 0 saturated carbocycles. The third-order valence-electron chi connectivity index (χ3n) is 4.99. The van der Waals surface area contributed by atoms with Gasteiger partial charge in [0.25, 0.3) is 0 Å². The number of thioether (sulfide) groups is 1. The molecule has 29 heavy (non-hydrogen) atoms. The molecule has 10 heteroatoms. The number of aromatic nitrogens is 5. The second kappa shape index (κ2) is 9.08. The number of hydrogen-bond donors (Lipinski definition) is 0. The van der Waals surface area contributed by atoms with Gasteiger partial charge in [-0.15, -0.1) is 5.10 Å². The first-order chi connectivity index (χ1) is 14.1. The van der Waals surface area contributed by atoms with Gasteiger partial charge in [-0.2, -0.15) is 16.9 Å². The van der Waals surface area contributed by atoms with Crippen LogP contribution in [0.2, 0.25) is 0 Å². The van der Waals surface area contributed by atoms with Crippen molar-refractivity contribution in [1.82, 2.24) is 29.4 Å². The van der Waals surface area contributed by atoms with Crippen molar-refractivity contribution in [2.24, 2.45) is 0 Å². The molecule has 4 heterocycles. The summed E-state index contributed by atoms with van der Waals surface area (Å²) in [6, 6.07) is 3.90. The van der Waals surface area contributed by atoms with Crippen molar-refractivity contribution in [2.75, 3.05) is 24.6 Å². The lowest BCUT2D eigenvalue weighted by Gasteiger charge is -2.32. The minimum absolute atomic E-state index is 0.184. The molecule has 8 nitrogen and oxygen atoms in total. The molecule has 0 bridgehead atoms. The highest BCUT2D eigenvalue weighted by Crippen LogP contribution is 2.35. The van der Waals surface area contributed by atoms with E-state index >= 15 is 0 Å². The number of hydrogen-bond acceptors (Lipinski definition) is 8. The molecule has 0 aromatic carbocycles. The van der Waals surface area contributed by atoms with Gasteiger partial charge in [0.15, 0.2) is 5.76 Å². The topological polar surface area (TPSA) is 89.9 Å². The van der Waals surface area contributed by atoms with E-state index < -0.39 is 0 Å². The lowest BCUT2D eigenvalue weighted by Crippen LogP contribution is -2.40. The minimum Gasteiger partial charge on any atom is -0.355 e. The normalized spacial score (nSPS) is 17.0. The van der Waals surface area contributed by atoms with Gasteiger partial charge >= 0.3 is 0 Å². The number of likely N-dealkylation sites (tertiary alicyclic amines) is 1. The first-order valence-electron chi connectivity index (χ1n) is 9.71. The van der Waals surface area contributed by atoms with E-state index in [9.17, 15) is 4.79 Å². The Kier molecular flexibility index (Phi) is 6.29. The van der Waals surface area contributed by atoms with Crippen LogP contribution in [0.5, 0.6) is 0 Å². The number of nitrogens with zero attached hydrogens (tertiary/aromatic N) is 6. The summed E-state index contributed by atoms with van der Waals surface area (Å²) in [6.07, 6.45) is 3.95. The third kappa shape index (κ3) is 4.87. The van der Waals surface area contributed by atoms with Gasteiger partial charge < -0.3 is 9.42 Å². The molecule has 3 aromatic heterocycles. The van der Waals surface area contributed by atoms with Gasteiger partial charge in [0.2, 0.25) is 5.91 Å². The zero-order valence-electron chi connectivity index (χ0n) is 16.6. The predicted molar refractivity (Wildman–Crippen MR) is 113 cm³/mol. The number of piperidine rings is 1. The molecule has 1 saturated heterocycles. The fourth-order valence-corrected chi connectivity index (χ4v) is 5.04. The molecule has 1 aliphatic heterocycles. The lowest BCUT2D eigenvalue weighted by atomic mass is 9.93. The summed E-state index contributed by atoms with van der Waals surface area (Å²) in [7, 11) is 0. The average molecular weight is 433 g/mol. The summed E-state index contributed by atoms with van der Waals surface area (Å²) in [5.41, 5.74) is 2.77. The van der Waals surface area contributed by atoms with Gasteiger partial charge in [-0.25, -0.2) is 0 Å². The van der Waals surface area contributed by atoms with Crippen LogP contribution >= 0.6 is 23.3 Å². The van der Waals surface area contributed by atoms with E-state index in [0.717, 1.165) is 53.6 Å². The van der Waals surface area contributed by atoms with Gasteiger partial charge in [-0.05, 0) is 44.3 Å². The van der Waals surface area contributed by atoms with Crippen LogP contribution < -0.4 is 0 Å². The first kappa shape index (κ1) is 20.1. The molecule has 154 valence electrons. The Labute approximate surface area is 177 Å². The van der Waals surface area contributed by atoms with E-state index in [0.29, 0.717) is 18.1 Å². The zero-order valence-corrected chi connectivity index (χ0v) is 18.2. The molecular weight excluding hydrogens is 408 g/mol. The summed E-state index contributed by atoms with van der Waals surface area (Å²) < 4.78 is 11.5. The van der Waals surface area contributed by atoms with Crippen LogP contribution in [-0.4, -0.2) is 59.9 Å². The van der Waals surface area contributed by atoms with Crippen molar-refractivity contribution >= 4 is 29.2 Å². The Bertz CT molecular complexity index is 965. The van der Waals surface area contributed by atoms with Crippen molar-refractivity contribution in [1.29, 1.82) is 0 Å². The van der Waals surface area contributed by atoms with E-state index in [2.05, 4.69) is 19.8 Å². The standard InChI is InChI=1S/C19H24N6O2S2/c1-13-5-7-25(21-13)8-9-28-12-17(26)24-6-3-4-15(11-24)18-19(29-23-20-18)16-10-14(2)22-27-16/h5,7,10,15H,3-4,6,8-9,11-12H2,1-2H3/t15-/m0/s1. The molecule has 0 unspecified atom stereocenters. The molecular formula is C19H24N6O2S2. The van der Waals surface area contributed by atoms with E-state index in [1.807, 2.05) is 41.8 Å². The number of amides is 1. The largest absolute Gasteiger partial charge is 0.355 e.